The van der Waals surface area contributed by atoms with Crippen LogP contribution in [-0.4, -0.2) is 18.3 Å². The smallest absolute Gasteiger partial charge is 0.309 e. The van der Waals surface area contributed by atoms with Crippen molar-refractivity contribution in [3.05, 3.63) is 464 Å². The largest absolute Gasteiger partial charge is 0.416 e. The van der Waals surface area contributed by atoms with Gasteiger partial charge in [-0.15, -0.1) is 0 Å². The van der Waals surface area contributed by atoms with Crippen molar-refractivity contribution in [2.45, 2.75) is 13.1 Å². The second-order valence-corrected chi connectivity index (χ2v) is 34.7. The Bertz CT molecular complexity index is 9740. The van der Waals surface area contributed by atoms with Crippen LogP contribution >= 0.6 is 0 Å². The molecule has 0 amide bonds. The van der Waals surface area contributed by atoms with Crippen molar-refractivity contribution in [2.24, 2.45) is 0 Å². The van der Waals surface area contributed by atoms with Crippen LogP contribution in [0.2, 0.25) is 0 Å². The number of hydrogen-bond acceptors (Lipinski definition) is 8. The highest BCUT2D eigenvalue weighted by Gasteiger charge is 2.34. The Hall–Kier alpha value is -22.2. The lowest BCUT2D eigenvalue weighted by Gasteiger charge is -2.20. The summed E-state index contributed by atoms with van der Waals surface area (Å²) in [6.45, 7) is 48.7. The molecule has 21 heteroatoms. The number of nitriles is 8. The van der Waals surface area contributed by atoms with Crippen LogP contribution in [0.4, 0.5) is 47.3 Å². The first kappa shape index (κ1) is 89.3. The van der Waals surface area contributed by atoms with E-state index in [1.54, 1.807) is 121 Å². The van der Waals surface area contributed by atoms with Crippen LogP contribution in [0.1, 0.15) is 55.6 Å². The van der Waals surface area contributed by atoms with Gasteiger partial charge in [-0.3, -0.25) is 0 Å². The fourth-order valence-electron chi connectivity index (χ4n) is 19.8. The monoisotopic (exact) mass is 1860 g/mol. The minimum atomic E-state index is -4.68. The van der Waals surface area contributed by atoms with E-state index in [9.17, 15) is 55.3 Å². The van der Waals surface area contributed by atoms with Crippen LogP contribution < -0.4 is 0 Å². The van der Waals surface area contributed by atoms with E-state index in [1.807, 2.05) is 169 Å². The number of hydrogen-bond donors (Lipinski definition) is 0. The second kappa shape index (κ2) is 36.1. The highest BCUT2D eigenvalue weighted by molar-refractivity contribution is 6.17. The molecule has 145 heavy (non-hydrogen) atoms. The summed E-state index contributed by atoms with van der Waals surface area (Å²) in [6, 6.07) is 120. The van der Waals surface area contributed by atoms with Gasteiger partial charge < -0.3 is 18.3 Å². The summed E-state index contributed by atoms with van der Waals surface area (Å²) in [5, 5.41) is 86.6. The van der Waals surface area contributed by atoms with Crippen LogP contribution in [0, 0.1) is 137 Å². The topological polar surface area (TPSA) is 236 Å². The third-order valence-electron chi connectivity index (χ3n) is 26.2. The molecule has 22 rings (SSSR count). The first-order valence-corrected chi connectivity index (χ1v) is 44.9. The Labute approximate surface area is 826 Å². The number of alkyl halides is 3. The molecule has 0 saturated carbocycles. The molecule has 666 valence electrons. The number of halogens is 3. The molecule has 18 aromatic carbocycles. The van der Waals surface area contributed by atoms with E-state index < -0.39 is 11.7 Å². The lowest BCUT2D eigenvalue weighted by Crippen LogP contribution is -2.08. The molecule has 4 heterocycles. The zero-order valence-electron chi connectivity index (χ0n) is 76.0. The first-order valence-electron chi connectivity index (χ1n) is 44.9. The van der Waals surface area contributed by atoms with Crippen LogP contribution in [0.15, 0.2) is 340 Å². The summed E-state index contributed by atoms with van der Waals surface area (Å²) in [6.07, 6.45) is -4.68. The molecule has 18 nitrogen and oxygen atoms in total. The fourth-order valence-corrected chi connectivity index (χ4v) is 19.8. The third-order valence-corrected chi connectivity index (χ3v) is 26.2. The van der Waals surface area contributed by atoms with Gasteiger partial charge in [0.2, 0.25) is 0 Å². The Morgan fingerprint density at radius 2 is 0.483 bits per heavy atom. The fraction of sp³-hybridized carbons (Fsp3) is 0.0161. The van der Waals surface area contributed by atoms with Gasteiger partial charge in [0.15, 0.2) is 34.1 Å². The third kappa shape index (κ3) is 15.9. The number of benzene rings is 18. The van der Waals surface area contributed by atoms with Crippen LogP contribution in [0.3, 0.4) is 0 Å². The van der Waals surface area contributed by atoms with Crippen molar-refractivity contribution in [1.29, 1.82) is 42.1 Å². The SMILES string of the molecule is [C-]#[N+]c1cc(C#N)cc(-c2ccc3c(c2)c2cc(-c4cc([N+]#[C-])cc([N+]#[C-])c4)ccc2n3-c2ccc(C#N)cc2-c2ccc(C)cc2-n2c3ccc(-c4cc(C#N)cc(C#N)c4)cc3c3cc(-c4cc(C#N)cc(C#N)c4)ccc32)c1.[C-]#[N+]c1cc(C#N)cc(-c2ccc3c(c2)c2ccccc2n3-c2ccc([N+]#[C-])cc2-c2ccc(C(F)(F)F)cc2-n2c3ccccc3c3cc(-c4cc(C#N)cc([N+]#[C-])c4)ccc32)c1. The number of rotatable bonds is 12. The van der Waals surface area contributed by atoms with Gasteiger partial charge in [-0.2, -0.15) is 55.3 Å². The van der Waals surface area contributed by atoms with E-state index in [0.29, 0.717) is 140 Å². The lowest BCUT2D eigenvalue weighted by molar-refractivity contribution is -0.137. The summed E-state index contributed by atoms with van der Waals surface area (Å²) < 4.78 is 52.7. The molecule has 0 aliphatic rings. The first-order chi connectivity index (χ1) is 70.6. The minimum absolute atomic E-state index is 0.245. The number of para-hydroxylation sites is 2. The van der Waals surface area contributed by atoms with Crippen LogP contribution in [0.25, 0.3) is 228 Å². The van der Waals surface area contributed by atoms with E-state index in [2.05, 4.69) is 128 Å². The maximum Gasteiger partial charge on any atom is 0.416 e. The molecule has 0 atom stereocenters. The summed E-state index contributed by atoms with van der Waals surface area (Å²) in [7, 11) is 0. The van der Waals surface area contributed by atoms with Gasteiger partial charge in [0.05, 0.1) is 188 Å². The van der Waals surface area contributed by atoms with Gasteiger partial charge in [-0.05, 0) is 309 Å². The quantitative estimate of drug-likeness (QED) is 0.106. The summed E-state index contributed by atoms with van der Waals surface area (Å²) in [5.41, 5.74) is 24.9. The Kier molecular flexibility index (Phi) is 22.3. The van der Waals surface area contributed by atoms with Crippen molar-refractivity contribution in [3.8, 4) is 160 Å². The molecule has 4 aromatic heterocycles. The van der Waals surface area contributed by atoms with Crippen molar-refractivity contribution < 1.29 is 13.2 Å². The summed E-state index contributed by atoms with van der Waals surface area (Å²) >= 11 is 0. The van der Waals surface area contributed by atoms with E-state index in [1.165, 1.54) is 12.1 Å². The number of nitrogens with zero attached hydrogens (tertiary/aromatic N) is 18. The van der Waals surface area contributed by atoms with Crippen LogP contribution in [-0.2, 0) is 6.18 Å². The Balaban J connectivity index is 0.000000175. The Morgan fingerprint density at radius 1 is 0.207 bits per heavy atom. The molecular weight excluding hydrogens is 1800 g/mol. The molecule has 0 unspecified atom stereocenters. The molecule has 0 saturated heterocycles. The maximum atomic E-state index is 14.8. The number of fused-ring (bicyclic) bond motifs is 12. The van der Waals surface area contributed by atoms with Gasteiger partial charge in [0.1, 0.15) is 0 Å². The second-order valence-electron chi connectivity index (χ2n) is 34.7. The van der Waals surface area contributed by atoms with E-state index >= 15 is 0 Å². The van der Waals surface area contributed by atoms with E-state index in [0.717, 1.165) is 150 Å². The highest BCUT2D eigenvalue weighted by Crippen LogP contribution is 2.50. The summed E-state index contributed by atoms with van der Waals surface area (Å²) in [4.78, 5) is 21.9. The van der Waals surface area contributed by atoms with E-state index in [-0.39, 0.29) is 5.69 Å². The van der Waals surface area contributed by atoms with Gasteiger partial charge in [-0.1, -0.05) is 115 Å². The van der Waals surface area contributed by atoms with Crippen molar-refractivity contribution >= 4 is 121 Å². The molecule has 0 aliphatic heterocycles. The molecule has 0 N–H and O–H groups in total. The van der Waals surface area contributed by atoms with Crippen LogP contribution in [0.5, 0.6) is 0 Å². The van der Waals surface area contributed by atoms with Crippen molar-refractivity contribution in [3.63, 3.8) is 0 Å². The molecule has 0 spiro atoms. The Morgan fingerprint density at radius 3 is 0.821 bits per heavy atom. The highest BCUT2D eigenvalue weighted by atomic mass is 19.4. The summed E-state index contributed by atoms with van der Waals surface area (Å²) in [5.74, 6) is 0. The average Bonchev–Trinajstić information content (AvgIpc) is 1.57. The molecule has 0 bridgehead atoms. The minimum Gasteiger partial charge on any atom is -0.309 e. The number of aryl methyl sites for hydroxylation is 1. The average molecular weight is 1860 g/mol. The van der Waals surface area contributed by atoms with Crippen molar-refractivity contribution in [2.75, 3.05) is 0 Å². The zero-order chi connectivity index (χ0) is 100. The molecule has 0 aliphatic carbocycles. The molecule has 22 aromatic rings. The predicted molar refractivity (Wildman–Crippen MR) is 559 cm³/mol. The van der Waals surface area contributed by atoms with E-state index in [4.69, 9.17) is 39.4 Å². The normalized spacial score (nSPS) is 10.9. The molecule has 0 fully saturated rings. The van der Waals surface area contributed by atoms with Gasteiger partial charge in [-0.25, -0.2) is 29.1 Å². The molecule has 0 radical (unpaired) electrons. The maximum absolute atomic E-state index is 14.8. The van der Waals surface area contributed by atoms with Gasteiger partial charge in [0, 0.05) is 76.5 Å². The molecular formula is C124H59F3N18. The standard InChI is InChI=1S/C70H33N11.C54H26F3N7/c1-41-5-11-59(70(17-41)81-68-15-7-48(52-20-43(36-72)18-44(21-52)37-73)30-63(68)64-31-49(8-16-69(64)81)53-22-45(38-74)19-46(23-53)39-75)60-26-42(35-71)6-12-65(60)80-66-13-9-50(54-24-47(40-76)25-56(27-54)77-2)32-61(66)62-33-51(10-14-67(62)80)55-28-57(78-3)34-58(29-55)79-4;1-60-39-15-19-52(63-48-10-6-4-8-42(48)45-26-34(12-17-50(45)63)36-20-32(30-58)22-40(24-36)61-2)47(29-39)44-16-14-38(54(55,56)57)28-53(44)64-49-11-7-5-9-43(49)46-27-35(13-18-51(46)64)37-21-33(31-59)23-41(25-37)62-3/h5-34H,1H3;4-29H. The number of aromatic nitrogens is 4. The van der Waals surface area contributed by atoms with Gasteiger partial charge >= 0.3 is 6.18 Å². The van der Waals surface area contributed by atoms with Gasteiger partial charge in [0.25, 0.3) is 0 Å². The van der Waals surface area contributed by atoms with Crippen molar-refractivity contribution in [1.82, 2.24) is 18.3 Å². The lowest BCUT2D eigenvalue weighted by atomic mass is 9.97. The predicted octanol–water partition coefficient (Wildman–Crippen LogP) is 32.7. The zero-order valence-corrected chi connectivity index (χ0v) is 76.0.